The maximum absolute atomic E-state index is 12.0. The molecule has 1 aromatic heterocycles. The molecule has 2 rings (SSSR count). The Bertz CT molecular complexity index is 687. The van der Waals surface area contributed by atoms with E-state index in [0.29, 0.717) is 15.9 Å². The van der Waals surface area contributed by atoms with Crippen LogP contribution in [0.1, 0.15) is 29.8 Å². The van der Waals surface area contributed by atoms with Crippen molar-refractivity contribution < 1.29 is 9.53 Å². The van der Waals surface area contributed by atoms with Gasteiger partial charge in [0.2, 0.25) is 4.77 Å². The Morgan fingerprint density at radius 1 is 1.50 bits per heavy atom. The van der Waals surface area contributed by atoms with E-state index in [9.17, 15) is 4.79 Å². The van der Waals surface area contributed by atoms with Crippen molar-refractivity contribution in [3.05, 3.63) is 46.5 Å². The zero-order valence-corrected chi connectivity index (χ0v) is 11.9. The first-order valence-corrected chi connectivity index (χ1v) is 6.45. The van der Waals surface area contributed by atoms with Crippen molar-refractivity contribution in [2.45, 2.75) is 20.0 Å². The molecular formula is C13H14N4O2S. The van der Waals surface area contributed by atoms with Gasteiger partial charge in [-0.1, -0.05) is 18.2 Å². The third-order valence-electron chi connectivity index (χ3n) is 2.38. The number of nitrogens with zero attached hydrogens (tertiary/aromatic N) is 3. The molecule has 2 aromatic rings. The highest BCUT2D eigenvalue weighted by molar-refractivity contribution is 7.71. The number of H-pyrrole nitrogens is 1. The van der Waals surface area contributed by atoms with Gasteiger partial charge in [0.05, 0.1) is 17.9 Å². The van der Waals surface area contributed by atoms with Gasteiger partial charge in [0.1, 0.15) is 6.33 Å². The minimum atomic E-state index is -0.377. The van der Waals surface area contributed by atoms with E-state index in [2.05, 4.69) is 15.3 Å². The van der Waals surface area contributed by atoms with Crippen molar-refractivity contribution in [3.8, 4) is 0 Å². The summed E-state index contributed by atoms with van der Waals surface area (Å²) in [7, 11) is 0. The van der Waals surface area contributed by atoms with Gasteiger partial charge < -0.3 is 4.74 Å². The van der Waals surface area contributed by atoms with E-state index < -0.39 is 0 Å². The standard InChI is InChI=1S/C13H14N4O2S/c1-9(2)19-12(18)11-6-4-3-5-10(11)7-15-17-8-14-16-13(17)20/h3-9H,1-2H3,(H,16,20)/b15-7-. The van der Waals surface area contributed by atoms with Crippen LogP contribution in [-0.2, 0) is 4.74 Å². The van der Waals surface area contributed by atoms with Crippen LogP contribution < -0.4 is 0 Å². The summed E-state index contributed by atoms with van der Waals surface area (Å²) < 4.78 is 6.97. The van der Waals surface area contributed by atoms with Gasteiger partial charge in [-0.05, 0) is 32.1 Å². The van der Waals surface area contributed by atoms with Crippen molar-refractivity contribution in [1.29, 1.82) is 0 Å². The quantitative estimate of drug-likeness (QED) is 0.533. The van der Waals surface area contributed by atoms with E-state index in [1.807, 2.05) is 6.07 Å². The van der Waals surface area contributed by atoms with Gasteiger partial charge in [-0.2, -0.15) is 14.9 Å². The fourth-order valence-corrected chi connectivity index (χ4v) is 1.67. The van der Waals surface area contributed by atoms with Gasteiger partial charge in [-0.25, -0.2) is 4.79 Å². The van der Waals surface area contributed by atoms with Crippen molar-refractivity contribution >= 4 is 24.4 Å². The lowest BCUT2D eigenvalue weighted by molar-refractivity contribution is 0.0378. The number of aromatic amines is 1. The van der Waals surface area contributed by atoms with E-state index in [0.717, 1.165) is 0 Å². The first-order valence-electron chi connectivity index (χ1n) is 6.04. The van der Waals surface area contributed by atoms with Gasteiger partial charge in [0.15, 0.2) is 0 Å². The van der Waals surface area contributed by atoms with Crippen LogP contribution in [0.15, 0.2) is 35.7 Å². The number of carbonyl (C=O) groups excluding carboxylic acids is 1. The summed E-state index contributed by atoms with van der Waals surface area (Å²) in [5, 5.41) is 10.5. The van der Waals surface area contributed by atoms with Crippen LogP contribution in [-0.4, -0.2) is 33.2 Å². The van der Waals surface area contributed by atoms with Crippen molar-refractivity contribution in [2.24, 2.45) is 5.10 Å². The van der Waals surface area contributed by atoms with Gasteiger partial charge in [-0.3, -0.25) is 5.10 Å². The number of esters is 1. The summed E-state index contributed by atoms with van der Waals surface area (Å²) >= 11 is 4.98. The molecule has 20 heavy (non-hydrogen) atoms. The fourth-order valence-electron chi connectivity index (χ4n) is 1.52. The molecule has 0 atom stereocenters. The lowest BCUT2D eigenvalue weighted by Gasteiger charge is -2.09. The van der Waals surface area contributed by atoms with E-state index in [-0.39, 0.29) is 12.1 Å². The first kappa shape index (κ1) is 14.1. The maximum Gasteiger partial charge on any atom is 0.339 e. The Labute approximate surface area is 121 Å². The second kappa shape index (κ2) is 6.25. The summed E-state index contributed by atoms with van der Waals surface area (Å²) in [4.78, 5) is 12.0. The average Bonchev–Trinajstić information content (AvgIpc) is 2.81. The SMILES string of the molecule is CC(C)OC(=O)c1ccccc1/C=N\n1cn[nH]c1=S. The molecule has 0 saturated heterocycles. The smallest absolute Gasteiger partial charge is 0.339 e. The molecule has 0 aliphatic heterocycles. The zero-order valence-electron chi connectivity index (χ0n) is 11.1. The predicted octanol–water partition coefficient (Wildman–Crippen LogP) is 2.39. The minimum Gasteiger partial charge on any atom is -0.459 e. The number of hydrogen-bond acceptors (Lipinski definition) is 5. The highest BCUT2D eigenvalue weighted by Crippen LogP contribution is 2.09. The van der Waals surface area contributed by atoms with Crippen LogP contribution in [0.5, 0.6) is 0 Å². The van der Waals surface area contributed by atoms with Crippen molar-refractivity contribution in [2.75, 3.05) is 0 Å². The Hall–Kier alpha value is -2.28. The average molecular weight is 290 g/mol. The molecule has 0 bridgehead atoms. The number of rotatable bonds is 4. The second-order valence-electron chi connectivity index (χ2n) is 4.29. The largest absolute Gasteiger partial charge is 0.459 e. The summed E-state index contributed by atoms with van der Waals surface area (Å²) in [6.45, 7) is 3.61. The molecule has 0 amide bonds. The lowest BCUT2D eigenvalue weighted by atomic mass is 10.1. The molecule has 0 unspecified atom stereocenters. The summed E-state index contributed by atoms with van der Waals surface area (Å²) in [6, 6.07) is 7.07. The molecular weight excluding hydrogens is 276 g/mol. The normalized spacial score (nSPS) is 11.2. The molecule has 0 aliphatic rings. The molecule has 1 heterocycles. The number of benzene rings is 1. The molecule has 0 fully saturated rings. The predicted molar refractivity (Wildman–Crippen MR) is 77.4 cm³/mol. The Morgan fingerprint density at radius 2 is 2.25 bits per heavy atom. The number of carbonyl (C=O) groups is 1. The Kier molecular flexibility index (Phi) is 4.41. The monoisotopic (exact) mass is 290 g/mol. The number of ether oxygens (including phenoxy) is 1. The molecule has 1 aromatic carbocycles. The van der Waals surface area contributed by atoms with Crippen LogP contribution in [0.3, 0.4) is 0 Å². The summed E-state index contributed by atoms with van der Waals surface area (Å²) in [5.74, 6) is -0.377. The lowest BCUT2D eigenvalue weighted by Crippen LogP contribution is -2.13. The maximum atomic E-state index is 12.0. The van der Waals surface area contributed by atoms with Crippen LogP contribution in [0.2, 0.25) is 0 Å². The topological polar surface area (TPSA) is 72.3 Å². The third-order valence-corrected chi connectivity index (χ3v) is 2.66. The van der Waals surface area contributed by atoms with E-state index in [4.69, 9.17) is 17.0 Å². The number of hydrogen-bond donors (Lipinski definition) is 1. The van der Waals surface area contributed by atoms with Gasteiger partial charge in [0.25, 0.3) is 0 Å². The molecule has 6 nitrogen and oxygen atoms in total. The Morgan fingerprint density at radius 3 is 2.90 bits per heavy atom. The molecule has 104 valence electrons. The Balaban J connectivity index is 2.29. The molecule has 7 heteroatoms. The first-order chi connectivity index (χ1) is 9.58. The molecule has 0 spiro atoms. The van der Waals surface area contributed by atoms with E-state index in [1.165, 1.54) is 11.0 Å². The van der Waals surface area contributed by atoms with E-state index >= 15 is 0 Å². The van der Waals surface area contributed by atoms with Gasteiger partial charge in [-0.15, -0.1) is 0 Å². The number of aromatic nitrogens is 3. The molecule has 0 radical (unpaired) electrons. The summed E-state index contributed by atoms with van der Waals surface area (Å²) in [6.07, 6.45) is 2.82. The molecule has 0 aliphatic carbocycles. The van der Waals surface area contributed by atoms with Crippen LogP contribution in [0, 0.1) is 4.77 Å². The minimum absolute atomic E-state index is 0.171. The third kappa shape index (κ3) is 3.39. The van der Waals surface area contributed by atoms with Crippen molar-refractivity contribution in [3.63, 3.8) is 0 Å². The van der Waals surface area contributed by atoms with Gasteiger partial charge in [0, 0.05) is 5.56 Å². The van der Waals surface area contributed by atoms with Crippen molar-refractivity contribution in [1.82, 2.24) is 14.9 Å². The highest BCUT2D eigenvalue weighted by Gasteiger charge is 2.12. The summed E-state index contributed by atoms with van der Waals surface area (Å²) in [5.41, 5.74) is 1.11. The highest BCUT2D eigenvalue weighted by atomic mass is 32.1. The van der Waals surface area contributed by atoms with Crippen LogP contribution in [0.4, 0.5) is 0 Å². The molecule has 0 saturated carbocycles. The van der Waals surface area contributed by atoms with E-state index in [1.54, 1.807) is 38.3 Å². The van der Waals surface area contributed by atoms with Crippen LogP contribution in [0.25, 0.3) is 0 Å². The van der Waals surface area contributed by atoms with Gasteiger partial charge >= 0.3 is 5.97 Å². The fraction of sp³-hybridized carbons (Fsp3) is 0.231. The number of nitrogens with one attached hydrogen (secondary N) is 1. The zero-order chi connectivity index (χ0) is 14.5. The molecule has 1 N–H and O–H groups in total. The second-order valence-corrected chi connectivity index (χ2v) is 4.68. The van der Waals surface area contributed by atoms with Crippen LogP contribution >= 0.6 is 12.2 Å².